The van der Waals surface area contributed by atoms with Crippen molar-refractivity contribution in [2.75, 3.05) is 5.73 Å². The number of imidazole rings is 1. The lowest BCUT2D eigenvalue weighted by Gasteiger charge is -2.00. The molecule has 0 radical (unpaired) electrons. The molecule has 0 atom stereocenters. The molecule has 3 rings (SSSR count). The monoisotopic (exact) mass is 305 g/mol. The molecule has 0 aliphatic rings. The van der Waals surface area contributed by atoms with Crippen LogP contribution in [0.2, 0.25) is 0 Å². The van der Waals surface area contributed by atoms with Crippen LogP contribution in [0.5, 0.6) is 0 Å². The second kappa shape index (κ2) is 4.10. The number of rotatable bonds is 1. The summed E-state index contributed by atoms with van der Waals surface area (Å²) in [5.41, 5.74) is 8.65. The van der Waals surface area contributed by atoms with E-state index in [0.29, 0.717) is 22.6 Å². The van der Waals surface area contributed by atoms with Gasteiger partial charge in [0.15, 0.2) is 0 Å². The van der Waals surface area contributed by atoms with Gasteiger partial charge in [-0.1, -0.05) is 22.0 Å². The number of nitrogens with one attached hydrogen (secondary N) is 1. The van der Waals surface area contributed by atoms with E-state index in [0.717, 1.165) is 9.99 Å². The largest absolute Gasteiger partial charge is 0.397 e. The Hall–Kier alpha value is -1.88. The Kier molecular flexibility index (Phi) is 2.56. The SMILES string of the molecule is Nc1cccc2[nH]c(-c3cc(F)ccc3Br)nc12. The minimum Gasteiger partial charge on any atom is -0.397 e. The van der Waals surface area contributed by atoms with Gasteiger partial charge in [0, 0.05) is 10.0 Å². The molecular weight excluding hydrogens is 297 g/mol. The van der Waals surface area contributed by atoms with Gasteiger partial charge in [-0.3, -0.25) is 0 Å². The second-order valence-corrected chi connectivity index (χ2v) is 4.81. The molecule has 90 valence electrons. The molecule has 0 amide bonds. The number of nitrogen functional groups attached to an aromatic ring is 1. The van der Waals surface area contributed by atoms with Crippen LogP contribution in [0.3, 0.4) is 0 Å². The molecule has 0 aliphatic heterocycles. The van der Waals surface area contributed by atoms with Crippen molar-refractivity contribution in [2.45, 2.75) is 0 Å². The van der Waals surface area contributed by atoms with E-state index in [1.807, 2.05) is 12.1 Å². The van der Waals surface area contributed by atoms with Gasteiger partial charge in [-0.15, -0.1) is 0 Å². The molecular formula is C13H9BrFN3. The third-order valence-electron chi connectivity index (χ3n) is 2.73. The topological polar surface area (TPSA) is 54.7 Å². The number of anilines is 1. The highest BCUT2D eigenvalue weighted by Crippen LogP contribution is 2.29. The smallest absolute Gasteiger partial charge is 0.139 e. The van der Waals surface area contributed by atoms with E-state index in [1.165, 1.54) is 12.1 Å². The molecule has 5 heteroatoms. The van der Waals surface area contributed by atoms with Crippen LogP contribution in [0.25, 0.3) is 22.4 Å². The number of H-pyrrole nitrogens is 1. The van der Waals surface area contributed by atoms with Gasteiger partial charge in [-0.05, 0) is 30.3 Å². The first-order chi connectivity index (χ1) is 8.65. The molecule has 0 spiro atoms. The zero-order chi connectivity index (χ0) is 12.7. The first kappa shape index (κ1) is 11.2. The first-order valence-corrected chi connectivity index (χ1v) is 6.14. The summed E-state index contributed by atoms with van der Waals surface area (Å²) in [4.78, 5) is 7.54. The number of hydrogen-bond donors (Lipinski definition) is 2. The van der Waals surface area contributed by atoms with Crippen LogP contribution in [0.4, 0.5) is 10.1 Å². The molecule has 0 unspecified atom stereocenters. The highest BCUT2D eigenvalue weighted by Gasteiger charge is 2.10. The Labute approximate surface area is 111 Å². The lowest BCUT2D eigenvalue weighted by atomic mass is 10.2. The van der Waals surface area contributed by atoms with Crippen LogP contribution in [0, 0.1) is 5.82 Å². The quantitative estimate of drug-likeness (QED) is 0.673. The van der Waals surface area contributed by atoms with E-state index >= 15 is 0 Å². The summed E-state index contributed by atoms with van der Waals surface area (Å²) in [6.45, 7) is 0. The summed E-state index contributed by atoms with van der Waals surface area (Å²) < 4.78 is 14.1. The normalized spacial score (nSPS) is 11.0. The number of aromatic amines is 1. The van der Waals surface area contributed by atoms with Gasteiger partial charge in [-0.25, -0.2) is 9.37 Å². The first-order valence-electron chi connectivity index (χ1n) is 5.35. The van der Waals surface area contributed by atoms with E-state index < -0.39 is 0 Å². The molecule has 1 heterocycles. The number of fused-ring (bicyclic) bond motifs is 1. The molecule has 0 bridgehead atoms. The maximum Gasteiger partial charge on any atom is 0.139 e. The van der Waals surface area contributed by atoms with Crippen molar-refractivity contribution in [1.29, 1.82) is 0 Å². The fourth-order valence-corrected chi connectivity index (χ4v) is 2.30. The lowest BCUT2D eigenvalue weighted by molar-refractivity contribution is 0.628. The van der Waals surface area contributed by atoms with Crippen molar-refractivity contribution in [1.82, 2.24) is 9.97 Å². The summed E-state index contributed by atoms with van der Waals surface area (Å²) in [7, 11) is 0. The van der Waals surface area contributed by atoms with Crippen LogP contribution in [-0.4, -0.2) is 9.97 Å². The number of benzene rings is 2. The molecule has 0 saturated heterocycles. The third kappa shape index (κ3) is 1.76. The van der Waals surface area contributed by atoms with E-state index in [-0.39, 0.29) is 5.82 Å². The average Bonchev–Trinajstić information content (AvgIpc) is 2.77. The van der Waals surface area contributed by atoms with E-state index in [9.17, 15) is 4.39 Å². The minimum atomic E-state index is -0.304. The van der Waals surface area contributed by atoms with Gasteiger partial charge in [0.2, 0.25) is 0 Å². The van der Waals surface area contributed by atoms with E-state index in [1.54, 1.807) is 12.1 Å². The van der Waals surface area contributed by atoms with Gasteiger partial charge < -0.3 is 10.7 Å². The average molecular weight is 306 g/mol. The maximum absolute atomic E-state index is 13.3. The maximum atomic E-state index is 13.3. The Morgan fingerprint density at radius 2 is 2.06 bits per heavy atom. The second-order valence-electron chi connectivity index (χ2n) is 3.95. The summed E-state index contributed by atoms with van der Waals surface area (Å²) in [6.07, 6.45) is 0. The number of aromatic nitrogens is 2. The van der Waals surface area contributed by atoms with E-state index in [4.69, 9.17) is 5.73 Å². The molecule has 2 aromatic carbocycles. The molecule has 0 fully saturated rings. The zero-order valence-corrected chi connectivity index (χ0v) is 10.8. The standard InChI is InChI=1S/C13H9BrFN3/c14-9-5-4-7(15)6-8(9)13-17-11-3-1-2-10(16)12(11)18-13/h1-6H,16H2,(H,17,18). The van der Waals surface area contributed by atoms with Crippen molar-refractivity contribution in [2.24, 2.45) is 0 Å². The van der Waals surface area contributed by atoms with Crippen LogP contribution in [0.1, 0.15) is 0 Å². The molecule has 0 saturated carbocycles. The number of hydrogen-bond acceptors (Lipinski definition) is 2. The van der Waals surface area contributed by atoms with Crippen molar-refractivity contribution in [3.8, 4) is 11.4 Å². The van der Waals surface area contributed by atoms with Gasteiger partial charge in [0.1, 0.15) is 17.2 Å². The lowest BCUT2D eigenvalue weighted by Crippen LogP contribution is -1.86. The molecule has 0 aliphatic carbocycles. The minimum absolute atomic E-state index is 0.304. The molecule has 3 aromatic rings. The fourth-order valence-electron chi connectivity index (χ4n) is 1.86. The highest BCUT2D eigenvalue weighted by molar-refractivity contribution is 9.10. The Balaban J connectivity index is 2.26. The van der Waals surface area contributed by atoms with E-state index in [2.05, 4.69) is 25.9 Å². The molecule has 3 nitrogen and oxygen atoms in total. The van der Waals surface area contributed by atoms with Crippen molar-refractivity contribution >= 4 is 32.7 Å². The van der Waals surface area contributed by atoms with Crippen LogP contribution >= 0.6 is 15.9 Å². The molecule has 1 aromatic heterocycles. The Morgan fingerprint density at radius 3 is 2.83 bits per heavy atom. The van der Waals surface area contributed by atoms with Crippen LogP contribution < -0.4 is 5.73 Å². The van der Waals surface area contributed by atoms with Gasteiger partial charge in [0.25, 0.3) is 0 Å². The summed E-state index contributed by atoms with van der Waals surface area (Å²) in [5, 5.41) is 0. The van der Waals surface area contributed by atoms with Gasteiger partial charge in [0.05, 0.1) is 11.2 Å². The zero-order valence-electron chi connectivity index (χ0n) is 9.24. The number of nitrogens with two attached hydrogens (primary N) is 1. The molecule has 3 N–H and O–H groups in total. The number of halogens is 2. The third-order valence-corrected chi connectivity index (χ3v) is 3.42. The van der Waals surface area contributed by atoms with Crippen molar-refractivity contribution in [3.63, 3.8) is 0 Å². The highest BCUT2D eigenvalue weighted by atomic mass is 79.9. The predicted molar refractivity (Wildman–Crippen MR) is 73.6 cm³/mol. The number of para-hydroxylation sites is 1. The van der Waals surface area contributed by atoms with Crippen molar-refractivity contribution < 1.29 is 4.39 Å². The fraction of sp³-hybridized carbons (Fsp3) is 0. The van der Waals surface area contributed by atoms with Crippen LogP contribution in [-0.2, 0) is 0 Å². The summed E-state index contributed by atoms with van der Waals surface area (Å²) in [5.74, 6) is 0.288. The van der Waals surface area contributed by atoms with Gasteiger partial charge in [-0.2, -0.15) is 0 Å². The predicted octanol–water partition coefficient (Wildman–Crippen LogP) is 3.71. The Morgan fingerprint density at radius 1 is 1.22 bits per heavy atom. The molecule has 18 heavy (non-hydrogen) atoms. The van der Waals surface area contributed by atoms with Crippen molar-refractivity contribution in [3.05, 3.63) is 46.7 Å². The number of nitrogens with zero attached hydrogens (tertiary/aromatic N) is 1. The van der Waals surface area contributed by atoms with Gasteiger partial charge >= 0.3 is 0 Å². The van der Waals surface area contributed by atoms with Crippen LogP contribution in [0.15, 0.2) is 40.9 Å². The summed E-state index contributed by atoms with van der Waals surface area (Å²) >= 11 is 3.39. The Bertz CT molecular complexity index is 736. The summed E-state index contributed by atoms with van der Waals surface area (Å²) in [6, 6.07) is 9.99.